The lowest BCUT2D eigenvalue weighted by Gasteiger charge is -2.25. The third-order valence-electron chi connectivity index (χ3n) is 5.88. The third kappa shape index (κ3) is 4.38. The number of aromatic nitrogens is 1. The van der Waals surface area contributed by atoms with Crippen molar-refractivity contribution in [3.63, 3.8) is 0 Å². The van der Waals surface area contributed by atoms with E-state index < -0.39 is 17.7 Å². The van der Waals surface area contributed by atoms with E-state index in [9.17, 15) is 19.5 Å². The number of carbonyl (C=O) groups is 3. The molecule has 8 heteroatoms. The van der Waals surface area contributed by atoms with Crippen molar-refractivity contribution in [3.8, 4) is 5.75 Å². The van der Waals surface area contributed by atoms with Gasteiger partial charge in [0.1, 0.15) is 17.6 Å². The number of amides is 2. The number of benzene rings is 2. The second-order valence-electron chi connectivity index (χ2n) is 8.29. The van der Waals surface area contributed by atoms with Gasteiger partial charge in [0.2, 0.25) is 5.91 Å². The van der Waals surface area contributed by atoms with Gasteiger partial charge in [0.05, 0.1) is 18.4 Å². The molecule has 0 saturated carbocycles. The van der Waals surface area contributed by atoms with Crippen LogP contribution < -0.4 is 15.0 Å². The number of hydrogen-bond donors (Lipinski definition) is 2. The maximum absolute atomic E-state index is 13.3. The van der Waals surface area contributed by atoms with Gasteiger partial charge in [-0.1, -0.05) is 6.07 Å². The number of aliphatic hydroxyl groups is 1. The highest BCUT2D eigenvalue weighted by atomic mass is 16.5. The summed E-state index contributed by atoms with van der Waals surface area (Å²) in [4.78, 5) is 43.6. The summed E-state index contributed by atoms with van der Waals surface area (Å²) in [6.07, 6.45) is 1.57. The zero-order valence-electron chi connectivity index (χ0n) is 19.8. The van der Waals surface area contributed by atoms with Crippen LogP contribution in [-0.2, 0) is 14.4 Å². The molecule has 178 valence electrons. The molecule has 3 aromatic rings. The van der Waals surface area contributed by atoms with Crippen molar-refractivity contribution < 1.29 is 24.2 Å². The van der Waals surface area contributed by atoms with Crippen LogP contribution in [-0.4, -0.2) is 34.8 Å². The van der Waals surface area contributed by atoms with Crippen molar-refractivity contribution in [3.05, 3.63) is 88.8 Å². The molecule has 35 heavy (non-hydrogen) atoms. The first kappa shape index (κ1) is 23.7. The van der Waals surface area contributed by atoms with E-state index >= 15 is 0 Å². The van der Waals surface area contributed by atoms with Crippen molar-refractivity contribution in [2.45, 2.75) is 26.8 Å². The third-order valence-corrected chi connectivity index (χ3v) is 5.88. The van der Waals surface area contributed by atoms with Crippen LogP contribution in [0, 0.1) is 13.8 Å². The van der Waals surface area contributed by atoms with Crippen LogP contribution in [0.5, 0.6) is 5.75 Å². The molecular formula is C27H25N3O5. The van der Waals surface area contributed by atoms with E-state index in [4.69, 9.17) is 4.74 Å². The van der Waals surface area contributed by atoms with E-state index in [0.29, 0.717) is 33.9 Å². The average Bonchev–Trinajstić information content (AvgIpc) is 3.11. The van der Waals surface area contributed by atoms with Gasteiger partial charge in [0.25, 0.3) is 11.7 Å². The summed E-state index contributed by atoms with van der Waals surface area (Å²) in [6.45, 7) is 5.03. The lowest BCUT2D eigenvalue weighted by molar-refractivity contribution is -0.132. The zero-order chi connectivity index (χ0) is 25.3. The van der Waals surface area contributed by atoms with E-state index in [-0.39, 0.29) is 17.2 Å². The molecular weight excluding hydrogens is 446 g/mol. The number of pyridine rings is 1. The van der Waals surface area contributed by atoms with E-state index in [1.54, 1.807) is 74.8 Å². The first-order valence-electron chi connectivity index (χ1n) is 11.0. The number of nitrogens with zero attached hydrogens (tertiary/aromatic N) is 2. The van der Waals surface area contributed by atoms with E-state index in [1.807, 2.05) is 6.92 Å². The molecule has 1 aliphatic heterocycles. The fourth-order valence-electron chi connectivity index (χ4n) is 4.23. The predicted molar refractivity (Wildman–Crippen MR) is 132 cm³/mol. The highest BCUT2D eigenvalue weighted by molar-refractivity contribution is 6.51. The lowest BCUT2D eigenvalue weighted by Crippen LogP contribution is -2.29. The molecule has 2 aromatic carbocycles. The minimum absolute atomic E-state index is 0.0488. The quantitative estimate of drug-likeness (QED) is 0.326. The summed E-state index contributed by atoms with van der Waals surface area (Å²) in [5.41, 5.74) is 3.26. The Morgan fingerprint density at radius 1 is 1.06 bits per heavy atom. The van der Waals surface area contributed by atoms with Gasteiger partial charge in [-0.25, -0.2) is 0 Å². The van der Waals surface area contributed by atoms with E-state index in [1.165, 1.54) is 11.8 Å². The molecule has 8 nitrogen and oxygen atoms in total. The maximum atomic E-state index is 13.3. The monoisotopic (exact) mass is 471 g/mol. The number of methoxy groups -OCH3 is 1. The zero-order valence-corrected chi connectivity index (χ0v) is 19.8. The molecule has 1 fully saturated rings. The van der Waals surface area contributed by atoms with Crippen LogP contribution in [0.15, 0.2) is 66.4 Å². The molecule has 1 aliphatic rings. The standard InChI is InChI=1S/C27H25N3O5/c1-15-14-22(35-4)16(2)13-20(15)25(32)23-24(21-7-5-6-12-28-21)30(27(34)26(23)33)19-10-8-18(9-11-19)29-17(3)31/h5-14,24,32H,1-4H3,(H,29,31)/b25-23+. The van der Waals surface area contributed by atoms with Crippen LogP contribution in [0.4, 0.5) is 11.4 Å². The van der Waals surface area contributed by atoms with Crippen LogP contribution in [0.3, 0.4) is 0 Å². The molecule has 2 amide bonds. The second kappa shape index (κ2) is 9.42. The normalized spacial score (nSPS) is 16.9. The van der Waals surface area contributed by atoms with Gasteiger partial charge in [0, 0.05) is 30.1 Å². The van der Waals surface area contributed by atoms with Gasteiger partial charge in [-0.3, -0.25) is 24.3 Å². The topological polar surface area (TPSA) is 109 Å². The van der Waals surface area contributed by atoms with Crippen molar-refractivity contribution in [2.24, 2.45) is 0 Å². The largest absolute Gasteiger partial charge is 0.507 e. The van der Waals surface area contributed by atoms with Gasteiger partial charge < -0.3 is 15.2 Å². The van der Waals surface area contributed by atoms with Crippen LogP contribution in [0.25, 0.3) is 5.76 Å². The smallest absolute Gasteiger partial charge is 0.300 e. The van der Waals surface area contributed by atoms with Gasteiger partial charge >= 0.3 is 0 Å². The summed E-state index contributed by atoms with van der Waals surface area (Å²) in [5.74, 6) is -1.44. The average molecular weight is 472 g/mol. The molecule has 2 heterocycles. The number of anilines is 2. The van der Waals surface area contributed by atoms with Gasteiger partial charge in [0.15, 0.2) is 0 Å². The van der Waals surface area contributed by atoms with E-state index in [2.05, 4.69) is 10.3 Å². The predicted octanol–water partition coefficient (Wildman–Crippen LogP) is 4.29. The maximum Gasteiger partial charge on any atom is 0.300 e. The molecule has 0 aliphatic carbocycles. The number of ketones is 1. The highest BCUT2D eigenvalue weighted by Gasteiger charge is 2.47. The van der Waals surface area contributed by atoms with Crippen LogP contribution in [0.2, 0.25) is 0 Å². The van der Waals surface area contributed by atoms with Crippen molar-refractivity contribution >= 4 is 34.7 Å². The molecule has 1 aromatic heterocycles. The Labute approximate surface area is 202 Å². The molecule has 1 saturated heterocycles. The van der Waals surface area contributed by atoms with Crippen LogP contribution in [0.1, 0.15) is 35.3 Å². The molecule has 0 radical (unpaired) electrons. The summed E-state index contributed by atoms with van der Waals surface area (Å²) < 4.78 is 5.36. The molecule has 0 spiro atoms. The van der Waals surface area contributed by atoms with Gasteiger partial charge in [-0.05, 0) is 73.5 Å². The molecule has 1 atom stereocenters. The number of carbonyl (C=O) groups excluding carboxylic acids is 3. The second-order valence-corrected chi connectivity index (χ2v) is 8.29. The first-order valence-corrected chi connectivity index (χ1v) is 11.0. The Morgan fingerprint density at radius 2 is 1.77 bits per heavy atom. The molecule has 1 unspecified atom stereocenters. The summed E-state index contributed by atoms with van der Waals surface area (Å²) in [5, 5.41) is 14.1. The van der Waals surface area contributed by atoms with E-state index in [0.717, 1.165) is 5.56 Å². The molecule has 2 N–H and O–H groups in total. The Morgan fingerprint density at radius 3 is 2.37 bits per heavy atom. The Bertz CT molecular complexity index is 1350. The first-order chi connectivity index (χ1) is 16.7. The number of Topliss-reactive ketones (excluding diaryl/α,β-unsaturated/α-hetero) is 1. The number of rotatable bonds is 5. The SMILES string of the molecule is COc1cc(C)c(/C(O)=C2\C(=O)C(=O)N(c3ccc(NC(C)=O)cc3)C2c2ccccn2)cc1C. The van der Waals surface area contributed by atoms with Gasteiger partial charge in [-0.15, -0.1) is 0 Å². The summed E-state index contributed by atoms with van der Waals surface area (Å²) >= 11 is 0. The number of aliphatic hydroxyl groups excluding tert-OH is 1. The van der Waals surface area contributed by atoms with Gasteiger partial charge in [-0.2, -0.15) is 0 Å². The molecule has 0 bridgehead atoms. The fraction of sp³-hybridized carbons (Fsp3) is 0.185. The van der Waals surface area contributed by atoms with Crippen molar-refractivity contribution in [1.82, 2.24) is 4.98 Å². The Hall–Kier alpha value is -4.46. The lowest BCUT2D eigenvalue weighted by atomic mass is 9.95. The van der Waals surface area contributed by atoms with Crippen LogP contribution >= 0.6 is 0 Å². The number of ether oxygens (including phenoxy) is 1. The number of hydrogen-bond acceptors (Lipinski definition) is 6. The number of nitrogens with one attached hydrogen (secondary N) is 1. The van der Waals surface area contributed by atoms with Crippen molar-refractivity contribution in [2.75, 3.05) is 17.3 Å². The Balaban J connectivity index is 1.89. The Kier molecular flexibility index (Phi) is 6.38. The fourth-order valence-corrected chi connectivity index (χ4v) is 4.23. The minimum atomic E-state index is -0.940. The highest BCUT2D eigenvalue weighted by Crippen LogP contribution is 2.42. The van der Waals surface area contributed by atoms with Crippen molar-refractivity contribution in [1.29, 1.82) is 0 Å². The summed E-state index contributed by atoms with van der Waals surface area (Å²) in [7, 11) is 1.56. The molecule has 4 rings (SSSR count). The summed E-state index contributed by atoms with van der Waals surface area (Å²) in [6, 6.07) is 14.3. The minimum Gasteiger partial charge on any atom is -0.507 e. The number of aryl methyl sites for hydroxylation is 2.